The molecule has 0 spiro atoms. The van der Waals surface area contributed by atoms with Gasteiger partial charge in [-0.1, -0.05) is 0 Å². The molecule has 0 heterocycles. The third kappa shape index (κ3) is 25.6. The van der Waals surface area contributed by atoms with Gasteiger partial charge in [-0.15, -0.1) is 0 Å². The van der Waals surface area contributed by atoms with Crippen LogP contribution in [-0.4, -0.2) is 72.1 Å². The van der Waals surface area contributed by atoms with Crippen molar-refractivity contribution in [2.45, 2.75) is 0 Å². The fourth-order valence-electron chi connectivity index (χ4n) is 0. The number of rotatable bonds is 0. The van der Waals surface area contributed by atoms with Gasteiger partial charge in [0.15, 0.2) is 0 Å². The van der Waals surface area contributed by atoms with Gasteiger partial charge >= 0.3 is 101 Å². The summed E-state index contributed by atoms with van der Waals surface area (Å²) in [5.74, 6) is 0. The molecular weight excluding hydrogens is 448 g/mol. The summed E-state index contributed by atoms with van der Waals surface area (Å²) in [4.78, 5) is 0. The van der Waals surface area contributed by atoms with Crippen LogP contribution in [0.15, 0.2) is 0 Å². The van der Waals surface area contributed by atoms with Crippen molar-refractivity contribution in [1.82, 2.24) is 0 Å². The van der Waals surface area contributed by atoms with E-state index in [0.717, 1.165) is 0 Å². The molecule has 2 N–H and O–H groups in total. The summed E-state index contributed by atoms with van der Waals surface area (Å²) in [6.45, 7) is 0. The maximum atomic E-state index is 4.50. The zero-order valence-electron chi connectivity index (χ0n) is 3.16. The maximum absolute atomic E-state index is 4.50. The van der Waals surface area contributed by atoms with E-state index in [4.69, 9.17) is 0 Å². The van der Waals surface area contributed by atoms with Crippen LogP contribution in [0.5, 0.6) is 0 Å². The van der Waals surface area contributed by atoms with Gasteiger partial charge in [-0.3, -0.25) is 0 Å². The minimum absolute atomic E-state index is 0. The Morgan fingerprint density at radius 3 is 1.33 bits per heavy atom. The topological polar surface area (TPSA) is 26.0 Å². The Labute approximate surface area is 111 Å². The van der Waals surface area contributed by atoms with Crippen molar-refractivity contribution < 1.29 is 16.7 Å². The number of halogens is 1. The normalized spacial score (nSPS) is 1.67. The van der Waals surface area contributed by atoms with E-state index in [1.54, 1.807) is 0 Å². The van der Waals surface area contributed by atoms with Gasteiger partial charge in [0.2, 0.25) is 0 Å². The predicted octanol–water partition coefficient (Wildman–Crippen LogP) is -1.37. The molecule has 0 bridgehead atoms. The van der Waals surface area contributed by atoms with Crippen molar-refractivity contribution in [3.8, 4) is 0 Å². The molecule has 0 fully saturated rings. The predicted molar refractivity (Wildman–Crippen MR) is 41.2 cm³/mol. The summed E-state index contributed by atoms with van der Waals surface area (Å²) in [7, 11) is 1.50. The second-order valence-corrected chi connectivity index (χ2v) is 0. The van der Waals surface area contributed by atoms with Crippen molar-refractivity contribution >= 4 is 84.2 Å². The molecule has 0 aromatic heterocycles. The summed E-state index contributed by atoms with van der Waals surface area (Å²) in [5, 5.41) is 0. The van der Waals surface area contributed by atoms with E-state index in [2.05, 4.69) is 24.9 Å². The third-order valence-corrected chi connectivity index (χ3v) is 0. The Hall–Kier alpha value is 3.59. The van der Waals surface area contributed by atoms with Gasteiger partial charge in [0.05, 0.1) is 0 Å². The SMILES string of the molecule is CN.[CaH2].[PbH2].[Ti][I]. The molecule has 0 unspecified atom stereocenters. The van der Waals surface area contributed by atoms with E-state index < -0.39 is 0 Å². The number of nitrogens with two attached hydrogens (primary N) is 1. The second kappa shape index (κ2) is 38.4. The van der Waals surface area contributed by atoms with Gasteiger partial charge < -0.3 is 5.73 Å². The van der Waals surface area contributed by atoms with Crippen molar-refractivity contribution in [3.05, 3.63) is 0 Å². The molecule has 5 heteroatoms. The van der Waals surface area contributed by atoms with Gasteiger partial charge in [-0.25, -0.2) is 0 Å². The zero-order valence-corrected chi connectivity index (χ0v) is 12.4. The first kappa shape index (κ1) is 22.6. The van der Waals surface area contributed by atoms with Gasteiger partial charge in [-0.2, -0.15) is 0 Å². The molecule has 0 atom stereocenters. The average Bonchev–Trinajstić information content (AvgIpc) is 1.50. The Bertz CT molecular complexity index is 15.5. The molecule has 0 amide bonds. The van der Waals surface area contributed by atoms with Crippen molar-refractivity contribution in [1.29, 1.82) is 0 Å². The first-order valence-corrected chi connectivity index (χ1v) is 5.80. The van der Waals surface area contributed by atoms with Crippen molar-refractivity contribution in [2.75, 3.05) is 7.05 Å². The third-order valence-electron chi connectivity index (χ3n) is 0. The summed E-state index contributed by atoms with van der Waals surface area (Å²) >= 11 is 4.12. The van der Waals surface area contributed by atoms with Crippen LogP contribution in [-0.2, 0) is 16.7 Å². The molecule has 0 rings (SSSR count). The molecule has 0 saturated carbocycles. The van der Waals surface area contributed by atoms with Crippen molar-refractivity contribution in [2.24, 2.45) is 5.73 Å². The van der Waals surface area contributed by atoms with E-state index in [1.807, 2.05) is 16.7 Å². The van der Waals surface area contributed by atoms with Gasteiger partial charge in [-0.05, 0) is 7.05 Å². The molecule has 35 valence electrons. The summed E-state index contributed by atoms with van der Waals surface area (Å²) in [6, 6.07) is 0. The summed E-state index contributed by atoms with van der Waals surface area (Å²) in [6.07, 6.45) is 0. The molecule has 6 heavy (non-hydrogen) atoms. The number of hydrogen-bond acceptors (Lipinski definition) is 1. The molecule has 0 aromatic rings. The fraction of sp³-hybridized carbons (Fsp3) is 1.00. The van der Waals surface area contributed by atoms with Crippen LogP contribution in [0.1, 0.15) is 0 Å². The minimum atomic E-state index is 0. The summed E-state index contributed by atoms with van der Waals surface area (Å²) < 4.78 is 0. The van der Waals surface area contributed by atoms with Crippen LogP contribution >= 0.6 is 19.2 Å². The van der Waals surface area contributed by atoms with Gasteiger partial charge in [0, 0.05) is 0 Å². The van der Waals surface area contributed by atoms with Gasteiger partial charge in [0.1, 0.15) is 0 Å². The monoisotopic (exact) mass is 458 g/mol. The first-order chi connectivity index (χ1) is 2.00. The molecule has 0 aliphatic rings. The molecule has 0 aliphatic heterocycles. The van der Waals surface area contributed by atoms with E-state index >= 15 is 0 Å². The number of hydrogen-bond donors (Lipinski definition) is 1. The second-order valence-electron chi connectivity index (χ2n) is 0. The molecule has 1 nitrogen and oxygen atoms in total. The van der Waals surface area contributed by atoms with E-state index in [9.17, 15) is 0 Å². The fourth-order valence-corrected chi connectivity index (χ4v) is 0. The molecule has 0 saturated heterocycles. The molecule has 2 radical (unpaired) electrons. The van der Waals surface area contributed by atoms with Crippen LogP contribution in [0.4, 0.5) is 0 Å². The summed E-state index contributed by atoms with van der Waals surface area (Å²) in [5.41, 5.74) is 4.50. The molecule has 0 aliphatic carbocycles. The zero-order chi connectivity index (χ0) is 4.00. The van der Waals surface area contributed by atoms with Crippen LogP contribution in [0.3, 0.4) is 0 Å². The van der Waals surface area contributed by atoms with E-state index in [1.165, 1.54) is 7.05 Å². The van der Waals surface area contributed by atoms with Gasteiger partial charge in [0.25, 0.3) is 0 Å². The van der Waals surface area contributed by atoms with Crippen molar-refractivity contribution in [3.63, 3.8) is 0 Å². The van der Waals surface area contributed by atoms with Crippen LogP contribution < -0.4 is 5.73 Å². The van der Waals surface area contributed by atoms with Crippen LogP contribution in [0.25, 0.3) is 0 Å². The Balaban J connectivity index is -0.00000000500. The standard InChI is InChI=1S/CH5N.Ca.HI.Pb.Ti.4H/c1-2;;;;;;;;/h2H2,1H3;;1H;;;;;;/q;;;;+1;;;;/p-1. The van der Waals surface area contributed by atoms with E-state index in [-0.39, 0.29) is 65.0 Å². The first-order valence-electron chi connectivity index (χ1n) is 0.766. The molecule has 0 aromatic carbocycles. The quantitative estimate of drug-likeness (QED) is 0.353. The van der Waals surface area contributed by atoms with Crippen LogP contribution in [0.2, 0.25) is 0 Å². The average molecular weight is 457 g/mol. The Morgan fingerprint density at radius 1 is 1.33 bits per heavy atom. The Morgan fingerprint density at radius 2 is 1.33 bits per heavy atom. The van der Waals surface area contributed by atoms with Crippen LogP contribution in [0, 0.1) is 0 Å². The van der Waals surface area contributed by atoms with E-state index in [0.29, 0.717) is 0 Å². The Kier molecular flexibility index (Phi) is 145. The molecular formula is CH9CaINPbTi.